The second-order valence-corrected chi connectivity index (χ2v) is 12.4. The first-order valence-electron chi connectivity index (χ1n) is 16.4. The molecule has 0 atom stereocenters. The van der Waals surface area contributed by atoms with Crippen LogP contribution < -0.4 is 4.90 Å². The number of nitrogens with zero attached hydrogens (tertiary/aromatic N) is 3. The van der Waals surface area contributed by atoms with Gasteiger partial charge in [0.2, 0.25) is 0 Å². The average Bonchev–Trinajstić information content (AvgIpc) is 3.65. The summed E-state index contributed by atoms with van der Waals surface area (Å²) < 4.78 is 2.10. The number of amides is 2. The number of nitriles is 1. The van der Waals surface area contributed by atoms with E-state index < -0.39 is 0 Å². The van der Waals surface area contributed by atoms with Gasteiger partial charge >= 0.3 is 0 Å². The van der Waals surface area contributed by atoms with E-state index in [-0.39, 0.29) is 11.8 Å². The number of imide groups is 1. The maximum absolute atomic E-state index is 14.8. The number of fused-ring (bicyclic) bond motifs is 4. The van der Waals surface area contributed by atoms with Crippen LogP contribution in [0.4, 0.5) is 5.69 Å². The Balaban J connectivity index is 1.23. The van der Waals surface area contributed by atoms with Crippen LogP contribution in [0.2, 0.25) is 0 Å². The molecule has 1 aromatic heterocycles. The van der Waals surface area contributed by atoms with E-state index in [2.05, 4.69) is 34.9 Å². The third-order valence-electron chi connectivity index (χ3n) is 9.58. The van der Waals surface area contributed by atoms with E-state index in [4.69, 9.17) is 0 Å². The monoisotopic (exact) mass is 641 g/mol. The molecule has 0 unspecified atom stereocenters. The van der Waals surface area contributed by atoms with Crippen LogP contribution >= 0.6 is 0 Å². The predicted molar refractivity (Wildman–Crippen MR) is 199 cm³/mol. The lowest BCUT2D eigenvalue weighted by molar-refractivity contribution is 0.0926. The molecule has 0 bridgehead atoms. The summed E-state index contributed by atoms with van der Waals surface area (Å²) in [5, 5.41) is 11.3. The average molecular weight is 642 g/mol. The topological polar surface area (TPSA) is 66.1 Å². The number of carbonyl (C=O) groups is 2. The first-order valence-corrected chi connectivity index (χ1v) is 16.4. The highest BCUT2D eigenvalue weighted by molar-refractivity contribution is 6.36. The molecule has 0 saturated carbocycles. The van der Waals surface area contributed by atoms with Crippen molar-refractivity contribution >= 4 is 39.3 Å². The van der Waals surface area contributed by atoms with E-state index in [1.54, 1.807) is 6.07 Å². The number of anilines is 1. The number of aromatic nitrogens is 1. The molecule has 5 heteroatoms. The largest absolute Gasteiger partial charge is 0.308 e. The van der Waals surface area contributed by atoms with Crippen LogP contribution in [-0.4, -0.2) is 16.4 Å². The van der Waals surface area contributed by atoms with Crippen LogP contribution in [0, 0.1) is 11.3 Å². The molecule has 0 saturated heterocycles. The van der Waals surface area contributed by atoms with Gasteiger partial charge in [-0.3, -0.25) is 9.59 Å². The van der Waals surface area contributed by atoms with E-state index in [1.165, 1.54) is 4.90 Å². The van der Waals surface area contributed by atoms with Gasteiger partial charge in [-0.2, -0.15) is 5.26 Å². The molecule has 2 heterocycles. The van der Waals surface area contributed by atoms with E-state index >= 15 is 0 Å². The highest BCUT2D eigenvalue weighted by atomic mass is 16.2. The molecule has 7 aromatic carbocycles. The summed E-state index contributed by atoms with van der Waals surface area (Å²) >= 11 is 0. The zero-order chi connectivity index (χ0) is 33.8. The third-order valence-corrected chi connectivity index (χ3v) is 9.58. The molecule has 0 aliphatic carbocycles. The van der Waals surface area contributed by atoms with Crippen molar-refractivity contribution in [3.05, 3.63) is 180 Å². The van der Waals surface area contributed by atoms with Gasteiger partial charge in [-0.25, -0.2) is 4.90 Å². The summed E-state index contributed by atoms with van der Waals surface area (Å²) in [6.45, 7) is 0. The standard InChI is InChI=1S/C45H27N3O2/c46-28-29-21-23-30(24-22-29)33-25-26-39-37(27-33)35-15-7-8-18-38(35)47(39)41-20-10-17-36-43(41)45(50)48(44(36)49)40-19-9-16-34(31-11-3-1-4-12-31)42(40)32-13-5-2-6-14-32/h1-27H. The maximum Gasteiger partial charge on any atom is 0.268 e. The molecule has 1 aliphatic rings. The van der Waals surface area contributed by atoms with Crippen LogP contribution in [-0.2, 0) is 0 Å². The van der Waals surface area contributed by atoms with Crippen LogP contribution in [0.5, 0.6) is 0 Å². The second kappa shape index (κ2) is 11.6. The van der Waals surface area contributed by atoms with Gasteiger partial charge in [-0.05, 0) is 76.3 Å². The number of para-hydroxylation sites is 1. The van der Waals surface area contributed by atoms with Gasteiger partial charge in [0.05, 0.1) is 45.2 Å². The van der Waals surface area contributed by atoms with E-state index in [0.717, 1.165) is 55.2 Å². The molecular formula is C45H27N3O2. The Kier molecular flexibility index (Phi) is 6.75. The molecule has 0 spiro atoms. The lowest BCUT2D eigenvalue weighted by atomic mass is 9.92. The highest BCUT2D eigenvalue weighted by Crippen LogP contribution is 2.44. The van der Waals surface area contributed by atoms with Crippen LogP contribution in [0.15, 0.2) is 164 Å². The Bertz CT molecular complexity index is 2690. The first kappa shape index (κ1) is 29.1. The summed E-state index contributed by atoms with van der Waals surface area (Å²) in [7, 11) is 0. The van der Waals surface area contributed by atoms with Gasteiger partial charge in [0.15, 0.2) is 0 Å². The number of benzene rings is 7. The zero-order valence-electron chi connectivity index (χ0n) is 26.7. The summed E-state index contributed by atoms with van der Waals surface area (Å²) in [5.41, 5.74) is 10.1. The molecule has 1 aliphatic heterocycles. The minimum atomic E-state index is -0.358. The Hall–Kier alpha value is -7.03. The van der Waals surface area contributed by atoms with Crippen molar-refractivity contribution in [2.45, 2.75) is 0 Å². The number of hydrogen-bond donors (Lipinski definition) is 0. The van der Waals surface area contributed by atoms with E-state index in [9.17, 15) is 14.9 Å². The Morgan fingerprint density at radius 2 is 1.06 bits per heavy atom. The van der Waals surface area contributed by atoms with Crippen molar-refractivity contribution < 1.29 is 9.59 Å². The number of hydrogen-bond acceptors (Lipinski definition) is 3. The van der Waals surface area contributed by atoms with Crippen molar-refractivity contribution in [2.75, 3.05) is 4.90 Å². The molecule has 50 heavy (non-hydrogen) atoms. The predicted octanol–water partition coefficient (Wildman–Crippen LogP) is 10.5. The Morgan fingerprint density at radius 3 is 1.80 bits per heavy atom. The quantitative estimate of drug-likeness (QED) is 0.176. The summed E-state index contributed by atoms with van der Waals surface area (Å²) in [5.74, 6) is -0.707. The van der Waals surface area contributed by atoms with Gasteiger partial charge < -0.3 is 4.57 Å². The molecule has 9 rings (SSSR count). The van der Waals surface area contributed by atoms with Crippen molar-refractivity contribution in [1.82, 2.24) is 4.57 Å². The third kappa shape index (κ3) is 4.47. The van der Waals surface area contributed by atoms with Gasteiger partial charge in [0.25, 0.3) is 11.8 Å². The molecular weight excluding hydrogens is 615 g/mol. The van der Waals surface area contributed by atoms with Gasteiger partial charge in [-0.15, -0.1) is 0 Å². The maximum atomic E-state index is 14.8. The fraction of sp³-hybridized carbons (Fsp3) is 0. The highest BCUT2D eigenvalue weighted by Gasteiger charge is 2.40. The summed E-state index contributed by atoms with van der Waals surface area (Å²) in [4.78, 5) is 30.5. The molecule has 8 aromatic rings. The Labute approximate surface area is 288 Å². The first-order chi connectivity index (χ1) is 24.6. The van der Waals surface area contributed by atoms with E-state index in [0.29, 0.717) is 28.1 Å². The number of carbonyl (C=O) groups excluding carboxylic acids is 2. The molecule has 234 valence electrons. The van der Waals surface area contributed by atoms with Crippen LogP contribution in [0.1, 0.15) is 26.3 Å². The van der Waals surface area contributed by atoms with Crippen molar-refractivity contribution in [3.8, 4) is 45.1 Å². The smallest absolute Gasteiger partial charge is 0.268 e. The van der Waals surface area contributed by atoms with Gasteiger partial charge in [-0.1, -0.05) is 115 Å². The van der Waals surface area contributed by atoms with Gasteiger partial charge in [0.1, 0.15) is 0 Å². The minimum Gasteiger partial charge on any atom is -0.308 e. The summed E-state index contributed by atoms with van der Waals surface area (Å²) in [6.07, 6.45) is 0. The van der Waals surface area contributed by atoms with Crippen molar-refractivity contribution in [3.63, 3.8) is 0 Å². The second-order valence-electron chi connectivity index (χ2n) is 12.4. The fourth-order valence-corrected chi connectivity index (χ4v) is 7.31. The van der Waals surface area contributed by atoms with E-state index in [1.807, 2.05) is 133 Å². The lowest BCUT2D eigenvalue weighted by Gasteiger charge is -2.22. The molecule has 0 fully saturated rings. The van der Waals surface area contributed by atoms with Crippen LogP contribution in [0.3, 0.4) is 0 Å². The molecule has 0 N–H and O–H groups in total. The lowest BCUT2D eigenvalue weighted by Crippen LogP contribution is -2.30. The number of rotatable bonds is 5. The van der Waals surface area contributed by atoms with Crippen LogP contribution in [0.25, 0.3) is 60.9 Å². The van der Waals surface area contributed by atoms with Crippen molar-refractivity contribution in [1.29, 1.82) is 5.26 Å². The zero-order valence-corrected chi connectivity index (χ0v) is 26.7. The van der Waals surface area contributed by atoms with Crippen molar-refractivity contribution in [2.24, 2.45) is 0 Å². The minimum absolute atomic E-state index is 0.349. The Morgan fingerprint density at radius 1 is 0.440 bits per heavy atom. The van der Waals surface area contributed by atoms with Gasteiger partial charge in [0, 0.05) is 16.3 Å². The summed E-state index contributed by atoms with van der Waals surface area (Å²) in [6, 6.07) is 55.5. The fourth-order valence-electron chi connectivity index (χ4n) is 7.31. The normalized spacial score (nSPS) is 12.4. The SMILES string of the molecule is N#Cc1ccc(-c2ccc3c(c2)c2ccccc2n3-c2cccc3c2C(=O)N(c2cccc(-c4ccccc4)c2-c2ccccc2)C3=O)cc1. The molecule has 2 amide bonds. The molecule has 5 nitrogen and oxygen atoms in total. The molecule has 0 radical (unpaired) electrons.